The van der Waals surface area contributed by atoms with E-state index < -0.39 is 18.5 Å². The molecule has 2 aromatic carbocycles. The quantitative estimate of drug-likeness (QED) is 0.501. The van der Waals surface area contributed by atoms with E-state index in [4.69, 9.17) is 4.74 Å². The number of nitrogens with zero attached hydrogens (tertiary/aromatic N) is 2. The van der Waals surface area contributed by atoms with Crippen LogP contribution >= 0.6 is 0 Å². The predicted octanol–water partition coefficient (Wildman–Crippen LogP) is 4.01. The van der Waals surface area contributed by atoms with Gasteiger partial charge in [-0.1, -0.05) is 19.3 Å². The molecule has 1 saturated carbocycles. The zero-order chi connectivity index (χ0) is 24.4. The summed E-state index contributed by atoms with van der Waals surface area (Å²) in [5.74, 6) is -1.83. The highest BCUT2D eigenvalue weighted by molar-refractivity contribution is 6.22. The van der Waals surface area contributed by atoms with E-state index in [9.17, 15) is 19.2 Å². The van der Waals surface area contributed by atoms with Crippen molar-refractivity contribution in [3.63, 3.8) is 0 Å². The Labute approximate surface area is 204 Å². The maximum absolute atomic E-state index is 12.9. The summed E-state index contributed by atoms with van der Waals surface area (Å²) >= 11 is 0. The Bertz CT molecular complexity index is 1150. The number of anilines is 2. The molecule has 5 rings (SSSR count). The van der Waals surface area contributed by atoms with Gasteiger partial charge in [-0.3, -0.25) is 19.3 Å². The molecule has 0 radical (unpaired) electrons. The summed E-state index contributed by atoms with van der Waals surface area (Å²) in [5, 5.41) is 2.72. The molecule has 0 atom stereocenters. The highest BCUT2D eigenvalue weighted by Crippen LogP contribution is 2.31. The second kappa shape index (κ2) is 9.90. The average Bonchev–Trinajstić information content (AvgIpc) is 3.50. The van der Waals surface area contributed by atoms with Crippen LogP contribution in [0.5, 0.6) is 0 Å². The topological polar surface area (TPSA) is 96.0 Å². The molecule has 35 heavy (non-hydrogen) atoms. The fraction of sp³-hybridized carbons (Fsp3) is 0.407. The van der Waals surface area contributed by atoms with Crippen molar-refractivity contribution in [2.24, 2.45) is 0 Å². The number of carbonyl (C=O) groups is 4. The fourth-order valence-electron chi connectivity index (χ4n) is 5.20. The van der Waals surface area contributed by atoms with Gasteiger partial charge >= 0.3 is 5.97 Å². The second-order valence-electron chi connectivity index (χ2n) is 9.40. The summed E-state index contributed by atoms with van der Waals surface area (Å²) < 4.78 is 5.16. The predicted molar refractivity (Wildman–Crippen MR) is 131 cm³/mol. The molecule has 0 spiro atoms. The summed E-state index contributed by atoms with van der Waals surface area (Å²) in [7, 11) is 0. The molecule has 2 aliphatic heterocycles. The summed E-state index contributed by atoms with van der Waals surface area (Å²) in [4.78, 5) is 54.2. The van der Waals surface area contributed by atoms with Gasteiger partial charge in [-0.05, 0) is 68.1 Å². The van der Waals surface area contributed by atoms with Crippen molar-refractivity contribution >= 4 is 35.1 Å². The van der Waals surface area contributed by atoms with Crippen LogP contribution in [0.1, 0.15) is 76.0 Å². The number of fused-ring (bicyclic) bond motifs is 1. The number of benzene rings is 2. The van der Waals surface area contributed by atoms with Crippen LogP contribution in [0.3, 0.4) is 0 Å². The molecule has 2 aromatic rings. The third-order valence-electron chi connectivity index (χ3n) is 7.05. The lowest BCUT2D eigenvalue weighted by molar-refractivity contribution is -0.119. The molecule has 0 bridgehead atoms. The van der Waals surface area contributed by atoms with Crippen LogP contribution in [-0.2, 0) is 9.53 Å². The van der Waals surface area contributed by atoms with E-state index in [1.807, 2.05) is 24.3 Å². The van der Waals surface area contributed by atoms with Crippen molar-refractivity contribution < 1.29 is 23.9 Å². The van der Waals surface area contributed by atoms with Gasteiger partial charge in [-0.25, -0.2) is 4.79 Å². The van der Waals surface area contributed by atoms with E-state index in [0.29, 0.717) is 11.3 Å². The lowest BCUT2D eigenvalue weighted by Crippen LogP contribution is -2.40. The first-order chi connectivity index (χ1) is 17.0. The third-order valence-corrected chi connectivity index (χ3v) is 7.05. The molecular weight excluding hydrogens is 446 g/mol. The van der Waals surface area contributed by atoms with Crippen LogP contribution in [0.4, 0.5) is 11.4 Å². The van der Waals surface area contributed by atoms with E-state index >= 15 is 0 Å². The number of rotatable bonds is 6. The molecule has 8 nitrogen and oxygen atoms in total. The lowest BCUT2D eigenvalue weighted by atomic mass is 9.94. The smallest absolute Gasteiger partial charge is 0.338 e. The van der Waals surface area contributed by atoms with Gasteiger partial charge < -0.3 is 15.0 Å². The van der Waals surface area contributed by atoms with Crippen molar-refractivity contribution in [3.05, 3.63) is 59.2 Å². The summed E-state index contributed by atoms with van der Waals surface area (Å²) in [5.41, 5.74) is 2.42. The second-order valence-corrected chi connectivity index (χ2v) is 9.40. The fourth-order valence-corrected chi connectivity index (χ4v) is 5.20. The van der Waals surface area contributed by atoms with Crippen LogP contribution in [0.15, 0.2) is 42.5 Å². The summed E-state index contributed by atoms with van der Waals surface area (Å²) in [6, 6.07) is 11.9. The van der Waals surface area contributed by atoms with E-state index in [1.165, 1.54) is 35.9 Å². The van der Waals surface area contributed by atoms with Crippen molar-refractivity contribution in [1.82, 2.24) is 4.90 Å². The highest BCUT2D eigenvalue weighted by Gasteiger charge is 2.40. The highest BCUT2D eigenvalue weighted by atomic mass is 16.5. The molecule has 2 heterocycles. The Morgan fingerprint density at radius 2 is 1.54 bits per heavy atom. The average molecular weight is 476 g/mol. The number of esters is 1. The molecule has 182 valence electrons. The Balaban J connectivity index is 1.17. The number of imide groups is 1. The van der Waals surface area contributed by atoms with Crippen LogP contribution in [-0.4, -0.2) is 54.3 Å². The van der Waals surface area contributed by atoms with Crippen LogP contribution in [0, 0.1) is 0 Å². The SMILES string of the molecule is O=C(COC(=O)c1ccc2c(c1)C(=O)N(C1CCCCC1)C2=O)Nc1ccc(N2CCCC2)cc1. The third kappa shape index (κ3) is 4.78. The van der Waals surface area contributed by atoms with Crippen molar-refractivity contribution in [2.45, 2.75) is 51.0 Å². The van der Waals surface area contributed by atoms with E-state index in [1.54, 1.807) is 0 Å². The molecule has 2 fully saturated rings. The first kappa shape index (κ1) is 23.1. The molecule has 0 unspecified atom stereocenters. The molecule has 8 heteroatoms. The van der Waals surface area contributed by atoms with Crippen LogP contribution in [0.2, 0.25) is 0 Å². The standard InChI is InChI=1S/C27H29N3O5/c31-24(28-19-9-11-20(12-10-19)29-14-4-5-15-29)17-35-27(34)18-8-13-22-23(16-18)26(33)30(25(22)32)21-6-2-1-3-7-21/h8-13,16,21H,1-7,14-15,17H2,(H,28,31). The van der Waals surface area contributed by atoms with Crippen molar-refractivity contribution in [3.8, 4) is 0 Å². The number of nitrogens with one attached hydrogen (secondary N) is 1. The van der Waals surface area contributed by atoms with Gasteiger partial charge in [0.15, 0.2) is 6.61 Å². The number of carbonyl (C=O) groups excluding carboxylic acids is 4. The van der Waals surface area contributed by atoms with Crippen LogP contribution < -0.4 is 10.2 Å². The molecule has 1 N–H and O–H groups in total. The van der Waals surface area contributed by atoms with Crippen LogP contribution in [0.25, 0.3) is 0 Å². The molecule has 1 saturated heterocycles. The van der Waals surface area contributed by atoms with E-state index in [0.717, 1.165) is 50.9 Å². The van der Waals surface area contributed by atoms with Gasteiger partial charge in [0.25, 0.3) is 17.7 Å². The monoisotopic (exact) mass is 475 g/mol. The minimum absolute atomic E-state index is 0.0836. The van der Waals surface area contributed by atoms with Gasteiger partial charge in [0, 0.05) is 30.5 Å². The van der Waals surface area contributed by atoms with Gasteiger partial charge in [0.1, 0.15) is 0 Å². The van der Waals surface area contributed by atoms with Gasteiger partial charge in [0.05, 0.1) is 16.7 Å². The largest absolute Gasteiger partial charge is 0.452 e. The normalized spacial score (nSPS) is 18.1. The number of ether oxygens (including phenoxy) is 1. The van der Waals surface area contributed by atoms with Gasteiger partial charge in [-0.15, -0.1) is 0 Å². The maximum Gasteiger partial charge on any atom is 0.338 e. The number of amides is 3. The van der Waals surface area contributed by atoms with Crippen molar-refractivity contribution in [2.75, 3.05) is 29.9 Å². The minimum atomic E-state index is -0.719. The Hall–Kier alpha value is -3.68. The zero-order valence-electron chi connectivity index (χ0n) is 19.6. The molecular formula is C27H29N3O5. The Morgan fingerprint density at radius 3 is 2.26 bits per heavy atom. The molecule has 3 amide bonds. The first-order valence-electron chi connectivity index (χ1n) is 12.4. The lowest BCUT2D eigenvalue weighted by Gasteiger charge is -2.29. The van der Waals surface area contributed by atoms with Gasteiger partial charge in [-0.2, -0.15) is 0 Å². The Kier molecular flexibility index (Phi) is 6.53. The molecule has 0 aromatic heterocycles. The molecule has 1 aliphatic carbocycles. The Morgan fingerprint density at radius 1 is 0.857 bits per heavy atom. The zero-order valence-corrected chi connectivity index (χ0v) is 19.6. The first-order valence-corrected chi connectivity index (χ1v) is 12.4. The number of hydrogen-bond acceptors (Lipinski definition) is 6. The summed E-state index contributed by atoms with van der Waals surface area (Å²) in [6.07, 6.45) is 7.13. The molecule has 3 aliphatic rings. The minimum Gasteiger partial charge on any atom is -0.452 e. The maximum atomic E-state index is 12.9. The van der Waals surface area contributed by atoms with E-state index in [2.05, 4.69) is 10.2 Å². The number of hydrogen-bond donors (Lipinski definition) is 1. The van der Waals surface area contributed by atoms with Gasteiger partial charge in [0.2, 0.25) is 0 Å². The van der Waals surface area contributed by atoms with Crippen molar-refractivity contribution in [1.29, 1.82) is 0 Å². The summed E-state index contributed by atoms with van der Waals surface area (Å²) in [6.45, 7) is 1.64. The van der Waals surface area contributed by atoms with E-state index in [-0.39, 0.29) is 29.0 Å².